The van der Waals surface area contributed by atoms with Gasteiger partial charge in [-0.1, -0.05) is 0 Å². The molecule has 31 heavy (non-hydrogen) atoms. The quantitative estimate of drug-likeness (QED) is 0.760. The van der Waals surface area contributed by atoms with Crippen LogP contribution >= 0.6 is 0 Å². The number of carbonyl (C=O) groups is 1. The molecule has 2 amide bonds. The van der Waals surface area contributed by atoms with Gasteiger partial charge >= 0.3 is 6.03 Å². The van der Waals surface area contributed by atoms with Crippen LogP contribution in [0, 0.1) is 6.92 Å². The van der Waals surface area contributed by atoms with Crippen LogP contribution < -0.4 is 35.0 Å². The first kappa shape index (κ1) is 22.3. The molecule has 0 radical (unpaired) electrons. The predicted molar refractivity (Wildman–Crippen MR) is 118 cm³/mol. The molecule has 1 aliphatic carbocycles. The number of hydrogen-bond acceptors (Lipinski definition) is 6. The lowest BCUT2D eigenvalue weighted by atomic mass is 9.95. The Kier molecular flexibility index (Phi) is 6.58. The summed E-state index contributed by atoms with van der Waals surface area (Å²) in [5, 5.41) is 5.54. The van der Waals surface area contributed by atoms with Crippen LogP contribution in [-0.2, 0) is 6.42 Å². The topological polar surface area (TPSA) is 95.1 Å². The zero-order valence-corrected chi connectivity index (χ0v) is 18.7. The van der Waals surface area contributed by atoms with Crippen LogP contribution in [0.3, 0.4) is 0 Å². The van der Waals surface area contributed by atoms with Gasteiger partial charge in [-0.05, 0) is 60.2 Å². The van der Waals surface area contributed by atoms with Crippen molar-refractivity contribution < 1.29 is 23.7 Å². The van der Waals surface area contributed by atoms with E-state index in [9.17, 15) is 9.59 Å². The largest absolute Gasteiger partial charge is 0.493 e. The number of benzene rings is 1. The number of fused-ring (bicyclic) bond motifs is 3. The van der Waals surface area contributed by atoms with E-state index in [1.165, 1.54) is 13.2 Å². The van der Waals surface area contributed by atoms with E-state index >= 15 is 0 Å². The predicted octanol–water partition coefficient (Wildman–Crippen LogP) is 2.97. The van der Waals surface area contributed by atoms with Gasteiger partial charge in [-0.3, -0.25) is 4.79 Å². The van der Waals surface area contributed by atoms with Crippen molar-refractivity contribution in [1.82, 2.24) is 10.6 Å². The van der Waals surface area contributed by atoms with Crippen LogP contribution in [0.2, 0.25) is 0 Å². The lowest BCUT2D eigenvalue weighted by molar-refractivity contribution is 0.238. The number of nitrogens with one attached hydrogen (secondary N) is 2. The van der Waals surface area contributed by atoms with E-state index in [1.54, 1.807) is 28.4 Å². The number of ether oxygens (including phenoxy) is 4. The van der Waals surface area contributed by atoms with E-state index in [0.717, 1.165) is 16.7 Å². The number of amides is 2. The minimum absolute atomic E-state index is 0.257. The van der Waals surface area contributed by atoms with Crippen molar-refractivity contribution in [2.75, 3.05) is 35.5 Å². The highest BCUT2D eigenvalue weighted by atomic mass is 16.5. The maximum absolute atomic E-state index is 12.9. The highest BCUT2D eigenvalue weighted by Gasteiger charge is 2.30. The molecular weight excluding hydrogens is 400 g/mol. The van der Waals surface area contributed by atoms with Gasteiger partial charge in [0.1, 0.15) is 0 Å². The number of carbonyl (C=O) groups excluding carboxylic acids is 1. The highest BCUT2D eigenvalue weighted by Crippen LogP contribution is 2.50. The summed E-state index contributed by atoms with van der Waals surface area (Å²) in [5.74, 6) is 1.78. The molecule has 0 saturated heterocycles. The Morgan fingerprint density at radius 3 is 2.23 bits per heavy atom. The molecule has 2 aromatic carbocycles. The maximum atomic E-state index is 12.9. The average molecular weight is 428 g/mol. The first-order chi connectivity index (χ1) is 14.9. The fourth-order valence-electron chi connectivity index (χ4n) is 4.15. The maximum Gasteiger partial charge on any atom is 0.315 e. The molecule has 0 unspecified atom stereocenters. The summed E-state index contributed by atoms with van der Waals surface area (Å²) in [5.41, 5.74) is 3.64. The first-order valence-corrected chi connectivity index (χ1v) is 9.93. The van der Waals surface area contributed by atoms with Gasteiger partial charge in [0.25, 0.3) is 0 Å². The lowest BCUT2D eigenvalue weighted by Gasteiger charge is -2.20. The average Bonchev–Trinajstić information content (AvgIpc) is 2.98. The third kappa shape index (κ3) is 3.97. The lowest BCUT2D eigenvalue weighted by Crippen LogP contribution is -2.36. The van der Waals surface area contributed by atoms with Crippen molar-refractivity contribution in [1.29, 1.82) is 0 Å². The van der Waals surface area contributed by atoms with Crippen molar-refractivity contribution in [3.8, 4) is 34.1 Å². The van der Waals surface area contributed by atoms with E-state index in [1.807, 2.05) is 19.1 Å². The van der Waals surface area contributed by atoms with Crippen LogP contribution in [0.4, 0.5) is 4.79 Å². The summed E-state index contributed by atoms with van der Waals surface area (Å²) >= 11 is 0. The molecule has 3 rings (SSSR count). The number of aryl methyl sites for hydroxylation is 2. The van der Waals surface area contributed by atoms with E-state index in [-0.39, 0.29) is 17.2 Å². The minimum atomic E-state index is -0.395. The van der Waals surface area contributed by atoms with Gasteiger partial charge in [-0.2, -0.15) is 0 Å². The minimum Gasteiger partial charge on any atom is -0.493 e. The Morgan fingerprint density at radius 2 is 1.65 bits per heavy atom. The van der Waals surface area contributed by atoms with Gasteiger partial charge in [0.05, 0.1) is 34.5 Å². The van der Waals surface area contributed by atoms with Crippen molar-refractivity contribution >= 4 is 6.03 Å². The summed E-state index contributed by atoms with van der Waals surface area (Å²) in [7, 11) is 7.71. The molecule has 2 N–H and O–H groups in total. The zero-order valence-electron chi connectivity index (χ0n) is 18.7. The molecule has 8 nitrogen and oxygen atoms in total. The van der Waals surface area contributed by atoms with E-state index in [0.29, 0.717) is 41.2 Å². The van der Waals surface area contributed by atoms with Gasteiger partial charge in [0.15, 0.2) is 17.2 Å². The molecule has 0 aliphatic heterocycles. The highest BCUT2D eigenvalue weighted by molar-refractivity contribution is 5.84. The molecule has 8 heteroatoms. The molecule has 0 spiro atoms. The fourth-order valence-corrected chi connectivity index (χ4v) is 4.15. The van der Waals surface area contributed by atoms with Crippen LogP contribution in [-0.4, -0.2) is 41.5 Å². The summed E-state index contributed by atoms with van der Waals surface area (Å²) < 4.78 is 22.3. The summed E-state index contributed by atoms with van der Waals surface area (Å²) in [6, 6.07) is 4.63. The molecular formula is C23H28N2O6. The third-order valence-corrected chi connectivity index (χ3v) is 5.54. The zero-order chi connectivity index (χ0) is 22.7. The van der Waals surface area contributed by atoms with Crippen molar-refractivity contribution in [3.05, 3.63) is 45.1 Å². The molecule has 0 fully saturated rings. The molecule has 2 aromatic rings. The molecule has 0 bridgehead atoms. The Balaban J connectivity index is 2.44. The molecule has 1 atom stereocenters. The molecule has 166 valence electrons. The number of hydrogen-bond donors (Lipinski definition) is 2. The van der Waals surface area contributed by atoms with Gasteiger partial charge < -0.3 is 29.6 Å². The second-order valence-corrected chi connectivity index (χ2v) is 7.23. The smallest absolute Gasteiger partial charge is 0.315 e. The third-order valence-electron chi connectivity index (χ3n) is 5.54. The number of methoxy groups -OCH3 is 4. The molecule has 0 heterocycles. The standard InChI is InChI=1S/C23H28N2O6/c1-12-9-15-14(11-17(26)20(12)29-4)16(25-23(27)24-2)8-7-13-10-18(28-3)21(30-5)22(31-6)19(13)15/h9-11,16H,7-8H2,1-6H3,(H2,24,25,27)/t16-/m0/s1. The molecule has 0 aromatic heterocycles. The van der Waals surface area contributed by atoms with Crippen LogP contribution in [0.1, 0.15) is 29.2 Å². The van der Waals surface area contributed by atoms with E-state index in [2.05, 4.69) is 10.6 Å². The van der Waals surface area contributed by atoms with Crippen molar-refractivity contribution in [2.45, 2.75) is 25.8 Å². The monoisotopic (exact) mass is 428 g/mol. The van der Waals surface area contributed by atoms with E-state index in [4.69, 9.17) is 18.9 Å². The summed E-state index contributed by atoms with van der Waals surface area (Å²) in [6.07, 6.45) is 1.21. The summed E-state index contributed by atoms with van der Waals surface area (Å²) in [6.45, 7) is 1.82. The SMILES string of the molecule is CNC(=O)N[C@H]1CCc2cc(OC)c(OC)c(OC)c2-c2cc(C)c(OC)c(=O)cc21. The van der Waals surface area contributed by atoms with Crippen LogP contribution in [0.15, 0.2) is 23.0 Å². The Bertz CT molecular complexity index is 1070. The summed E-state index contributed by atoms with van der Waals surface area (Å²) in [4.78, 5) is 25.1. The number of urea groups is 1. The van der Waals surface area contributed by atoms with Crippen LogP contribution in [0.5, 0.6) is 23.0 Å². The number of rotatable bonds is 5. The molecule has 1 aliphatic rings. The second-order valence-electron chi connectivity index (χ2n) is 7.23. The van der Waals surface area contributed by atoms with Gasteiger partial charge in [0.2, 0.25) is 11.2 Å². The van der Waals surface area contributed by atoms with Gasteiger partial charge in [0, 0.05) is 12.6 Å². The normalized spacial score (nSPS) is 14.5. The first-order valence-electron chi connectivity index (χ1n) is 9.93. The van der Waals surface area contributed by atoms with E-state index < -0.39 is 6.04 Å². The Morgan fingerprint density at radius 1 is 0.968 bits per heavy atom. The Hall–Kier alpha value is -3.42. The second kappa shape index (κ2) is 9.16. The molecule has 0 saturated carbocycles. The van der Waals surface area contributed by atoms with Crippen molar-refractivity contribution in [2.24, 2.45) is 0 Å². The Labute approximate surface area is 181 Å². The van der Waals surface area contributed by atoms with Gasteiger partial charge in [-0.15, -0.1) is 0 Å². The van der Waals surface area contributed by atoms with Crippen molar-refractivity contribution in [3.63, 3.8) is 0 Å². The van der Waals surface area contributed by atoms with Gasteiger partial charge in [-0.25, -0.2) is 4.79 Å². The fraction of sp³-hybridized carbons (Fsp3) is 0.391. The van der Waals surface area contributed by atoms with Crippen LogP contribution in [0.25, 0.3) is 11.1 Å².